The van der Waals surface area contributed by atoms with Crippen molar-refractivity contribution in [3.63, 3.8) is 0 Å². The Bertz CT molecular complexity index is 317. The largest absolute Gasteiger partial charge is 0.291 e. The maximum atomic E-state index is 11.1. The Morgan fingerprint density at radius 1 is 1.00 bits per heavy atom. The van der Waals surface area contributed by atoms with E-state index < -0.39 is 11.6 Å². The Morgan fingerprint density at radius 3 is 2.00 bits per heavy atom. The molecular weight excluding hydrogens is 176 g/mol. The van der Waals surface area contributed by atoms with Crippen LogP contribution in [0.4, 0.5) is 0 Å². The molecule has 0 rings (SSSR count). The summed E-state index contributed by atoms with van der Waals surface area (Å²) in [6.45, 7) is 6.91. The maximum Gasteiger partial charge on any atom is 0.221 e. The Kier molecular flexibility index (Phi) is 5.46. The van der Waals surface area contributed by atoms with Crippen LogP contribution in [0, 0.1) is 0 Å². The van der Waals surface area contributed by atoms with Gasteiger partial charge < -0.3 is 0 Å². The zero-order chi connectivity index (χ0) is 11.1. The predicted octanol–water partition coefficient (Wildman–Crippen LogP) is 2.61. The molecule has 76 valence electrons. The normalized spacial score (nSPS) is 13.4. The molecule has 0 bridgehead atoms. The quantitative estimate of drug-likeness (QED) is 0.390. The molecule has 0 aliphatic carbocycles. The molecule has 0 amide bonds. The fourth-order valence-corrected chi connectivity index (χ4v) is 0.784. The van der Waals surface area contributed by atoms with Gasteiger partial charge in [0.2, 0.25) is 5.78 Å². The van der Waals surface area contributed by atoms with E-state index >= 15 is 0 Å². The minimum absolute atomic E-state index is 0.428. The van der Waals surface area contributed by atoms with Crippen molar-refractivity contribution in [1.29, 1.82) is 0 Å². The fourth-order valence-electron chi connectivity index (χ4n) is 0.784. The molecule has 0 N–H and O–H groups in total. The molecule has 0 heterocycles. The third-order valence-corrected chi connectivity index (χ3v) is 1.86. The van der Waals surface area contributed by atoms with E-state index in [-0.39, 0.29) is 0 Å². The lowest BCUT2D eigenvalue weighted by Gasteiger charge is -1.98. The first-order chi connectivity index (χ1) is 6.49. The topological polar surface area (TPSA) is 34.1 Å². The second-order valence-corrected chi connectivity index (χ2v) is 3.12. The van der Waals surface area contributed by atoms with Crippen LogP contribution in [0.3, 0.4) is 0 Å². The van der Waals surface area contributed by atoms with E-state index in [1.54, 1.807) is 0 Å². The summed E-state index contributed by atoms with van der Waals surface area (Å²) in [6, 6.07) is 0. The number of allylic oxidation sites excluding steroid dienone is 6. The van der Waals surface area contributed by atoms with Gasteiger partial charge in [-0.05, 0) is 38.0 Å². The average Bonchev–Trinajstić information content (AvgIpc) is 2.13. The zero-order valence-corrected chi connectivity index (χ0v) is 9.13. The van der Waals surface area contributed by atoms with Gasteiger partial charge >= 0.3 is 0 Å². The van der Waals surface area contributed by atoms with Crippen molar-refractivity contribution in [2.75, 3.05) is 0 Å². The van der Waals surface area contributed by atoms with Gasteiger partial charge in [0.05, 0.1) is 0 Å². The molecule has 0 aromatic heterocycles. The molecule has 0 aromatic carbocycles. The highest BCUT2D eigenvalue weighted by molar-refractivity contribution is 6.40. The molecule has 2 heteroatoms. The van der Waals surface area contributed by atoms with E-state index in [1.807, 2.05) is 39.0 Å². The van der Waals surface area contributed by atoms with Crippen LogP contribution in [0.1, 0.15) is 27.7 Å². The first kappa shape index (κ1) is 12.6. The van der Waals surface area contributed by atoms with Gasteiger partial charge in [0.15, 0.2) is 5.78 Å². The number of carbonyl (C=O) groups is 2. The van der Waals surface area contributed by atoms with E-state index in [4.69, 9.17) is 0 Å². The van der Waals surface area contributed by atoms with Gasteiger partial charge in [-0.2, -0.15) is 0 Å². The molecule has 0 spiro atoms. The molecule has 0 saturated heterocycles. The first-order valence-corrected chi connectivity index (χ1v) is 4.52. The molecule has 0 saturated carbocycles. The summed E-state index contributed by atoms with van der Waals surface area (Å²) in [5.41, 5.74) is 1.81. The zero-order valence-electron chi connectivity index (χ0n) is 9.13. The molecule has 0 aliphatic heterocycles. The van der Waals surface area contributed by atoms with Crippen molar-refractivity contribution in [3.8, 4) is 0 Å². The van der Waals surface area contributed by atoms with Crippen molar-refractivity contribution >= 4 is 11.6 Å². The number of Topliss-reactive ketones (excluding diaryl/α,β-unsaturated/α-hetero) is 1. The summed E-state index contributed by atoms with van der Waals surface area (Å²) in [5, 5.41) is 0. The van der Waals surface area contributed by atoms with Crippen molar-refractivity contribution in [3.05, 3.63) is 35.5 Å². The van der Waals surface area contributed by atoms with Crippen molar-refractivity contribution in [2.45, 2.75) is 27.7 Å². The monoisotopic (exact) mass is 192 g/mol. The Morgan fingerprint density at radius 2 is 1.57 bits per heavy atom. The summed E-state index contributed by atoms with van der Waals surface area (Å²) in [6.07, 6.45) is 7.07. The molecule has 2 nitrogen and oxygen atoms in total. The van der Waals surface area contributed by atoms with Crippen LogP contribution in [0.5, 0.6) is 0 Å². The van der Waals surface area contributed by atoms with Gasteiger partial charge in [-0.15, -0.1) is 0 Å². The highest BCUT2D eigenvalue weighted by atomic mass is 16.2. The SMILES string of the molecule is CC=C/C=C(C)/C(C)=C/C(=O)C(C)=O. The van der Waals surface area contributed by atoms with E-state index in [9.17, 15) is 9.59 Å². The number of hydrogen-bond donors (Lipinski definition) is 0. The van der Waals surface area contributed by atoms with Gasteiger partial charge in [0.25, 0.3) is 0 Å². The summed E-state index contributed by atoms with van der Waals surface area (Å²) in [7, 11) is 0. The number of ketones is 2. The molecular formula is C12H16O2. The lowest BCUT2D eigenvalue weighted by molar-refractivity contribution is -0.132. The summed E-state index contributed by atoms with van der Waals surface area (Å²) < 4.78 is 0. The van der Waals surface area contributed by atoms with E-state index in [2.05, 4.69) is 0 Å². The summed E-state index contributed by atoms with van der Waals surface area (Å²) in [5.74, 6) is -0.876. The molecule has 0 aromatic rings. The number of rotatable bonds is 4. The van der Waals surface area contributed by atoms with E-state index in [0.717, 1.165) is 11.1 Å². The van der Waals surface area contributed by atoms with Crippen LogP contribution < -0.4 is 0 Å². The first-order valence-electron chi connectivity index (χ1n) is 4.52. The average molecular weight is 192 g/mol. The Hall–Kier alpha value is -1.44. The Labute approximate surface area is 85.0 Å². The van der Waals surface area contributed by atoms with E-state index in [0.29, 0.717) is 0 Å². The highest BCUT2D eigenvalue weighted by Gasteiger charge is 2.04. The molecule has 0 fully saturated rings. The molecule has 14 heavy (non-hydrogen) atoms. The van der Waals surface area contributed by atoms with Crippen LogP contribution in [0.15, 0.2) is 35.5 Å². The third kappa shape index (κ3) is 4.55. The van der Waals surface area contributed by atoms with E-state index in [1.165, 1.54) is 13.0 Å². The summed E-state index contributed by atoms with van der Waals surface area (Å²) >= 11 is 0. The van der Waals surface area contributed by atoms with Crippen LogP contribution >= 0.6 is 0 Å². The Balaban J connectivity index is 4.69. The van der Waals surface area contributed by atoms with Crippen LogP contribution in [0.2, 0.25) is 0 Å². The number of carbonyl (C=O) groups excluding carboxylic acids is 2. The molecule has 0 unspecified atom stereocenters. The van der Waals surface area contributed by atoms with Crippen molar-refractivity contribution in [1.82, 2.24) is 0 Å². The lowest BCUT2D eigenvalue weighted by Crippen LogP contribution is -2.06. The molecule has 0 aliphatic rings. The van der Waals surface area contributed by atoms with Gasteiger partial charge in [-0.25, -0.2) is 0 Å². The fraction of sp³-hybridized carbons (Fsp3) is 0.333. The molecule has 0 atom stereocenters. The van der Waals surface area contributed by atoms with Crippen molar-refractivity contribution in [2.24, 2.45) is 0 Å². The van der Waals surface area contributed by atoms with Crippen LogP contribution in [-0.4, -0.2) is 11.6 Å². The maximum absolute atomic E-state index is 11.1. The van der Waals surface area contributed by atoms with Crippen LogP contribution in [0.25, 0.3) is 0 Å². The standard InChI is InChI=1S/C12H16O2/c1-5-6-7-9(2)10(3)8-12(14)11(4)13/h5-8H,1-4H3/b6-5?,9-7+,10-8+. The van der Waals surface area contributed by atoms with Crippen molar-refractivity contribution < 1.29 is 9.59 Å². The third-order valence-electron chi connectivity index (χ3n) is 1.86. The van der Waals surface area contributed by atoms with Gasteiger partial charge in [0.1, 0.15) is 0 Å². The van der Waals surface area contributed by atoms with Gasteiger partial charge in [-0.3, -0.25) is 9.59 Å². The minimum atomic E-state index is -0.448. The smallest absolute Gasteiger partial charge is 0.221 e. The molecule has 0 radical (unpaired) electrons. The van der Waals surface area contributed by atoms with Gasteiger partial charge in [0, 0.05) is 6.92 Å². The van der Waals surface area contributed by atoms with Crippen LogP contribution in [-0.2, 0) is 9.59 Å². The second-order valence-electron chi connectivity index (χ2n) is 3.12. The second kappa shape index (κ2) is 6.08. The highest BCUT2D eigenvalue weighted by Crippen LogP contribution is 2.08. The van der Waals surface area contributed by atoms with Gasteiger partial charge in [-0.1, -0.05) is 18.2 Å². The summed E-state index contributed by atoms with van der Waals surface area (Å²) in [4.78, 5) is 21.7. The lowest BCUT2D eigenvalue weighted by atomic mass is 10.1. The minimum Gasteiger partial charge on any atom is -0.291 e. The number of hydrogen-bond acceptors (Lipinski definition) is 2. The predicted molar refractivity (Wildman–Crippen MR) is 58.0 cm³/mol.